The summed E-state index contributed by atoms with van der Waals surface area (Å²) in [4.78, 5) is 0. The summed E-state index contributed by atoms with van der Waals surface area (Å²) in [6.45, 7) is 4.44. The van der Waals surface area contributed by atoms with Crippen LogP contribution in [0.2, 0.25) is 0 Å². The summed E-state index contributed by atoms with van der Waals surface area (Å²) in [5.41, 5.74) is 0. The van der Waals surface area contributed by atoms with E-state index < -0.39 is 5.39 Å². The molecule has 0 aromatic rings. The second-order valence-electron chi connectivity index (χ2n) is 3.19. The largest absolute Gasteiger partial charge is 0.274 e. The molecule has 0 spiro atoms. The summed E-state index contributed by atoms with van der Waals surface area (Å²) < 4.78 is 2.21. The van der Waals surface area contributed by atoms with Gasteiger partial charge in [0.15, 0.2) is 0 Å². The molecule has 0 saturated heterocycles. The van der Waals surface area contributed by atoms with Gasteiger partial charge in [-0.1, -0.05) is 31.6 Å². The van der Waals surface area contributed by atoms with Crippen LogP contribution < -0.4 is 0 Å². The highest BCUT2D eigenvalue weighted by atomic mass is 32.9. The van der Waals surface area contributed by atoms with Gasteiger partial charge in [0.2, 0.25) is 0 Å². The Morgan fingerprint density at radius 1 is 1.33 bits per heavy atom. The second-order valence-corrected chi connectivity index (χ2v) is 12.0. The van der Waals surface area contributed by atoms with E-state index in [-0.39, 0.29) is 0 Å². The van der Waals surface area contributed by atoms with Crippen molar-refractivity contribution in [2.75, 3.05) is 26.5 Å². The third-order valence-electron chi connectivity index (χ3n) is 1.81. The highest BCUT2D eigenvalue weighted by molar-refractivity contribution is 8.70. The summed E-state index contributed by atoms with van der Waals surface area (Å²) in [6.07, 6.45) is 3.96. The van der Waals surface area contributed by atoms with Crippen LogP contribution in [0.4, 0.5) is 0 Å². The maximum atomic E-state index is 5.52. The fourth-order valence-electron chi connectivity index (χ4n) is 0.701. The molecule has 0 rings (SSSR count). The Hall–Kier alpha value is 0.960. The van der Waals surface area contributed by atoms with Crippen molar-refractivity contribution in [3.8, 4) is 0 Å². The van der Waals surface area contributed by atoms with Gasteiger partial charge in [0.1, 0.15) is 0 Å². The maximum absolute atomic E-state index is 5.52. The average molecular weight is 225 g/mol. The van der Waals surface area contributed by atoms with Gasteiger partial charge in [-0.3, -0.25) is 4.67 Å². The van der Waals surface area contributed by atoms with Crippen LogP contribution in [-0.2, 0) is 11.8 Å². The summed E-state index contributed by atoms with van der Waals surface area (Å²) in [6, 6.07) is 0. The standard InChI is InChI=1S/C8H20NPS2/c1-5-6-7-8-12-10(4,11)9(2)3/h5-8H2,1-4H3. The molecule has 0 radical (unpaired) electrons. The third-order valence-corrected chi connectivity index (χ3v) is 9.10. The van der Waals surface area contributed by atoms with Gasteiger partial charge in [-0.15, -0.1) is 11.4 Å². The lowest BCUT2D eigenvalue weighted by Gasteiger charge is -2.23. The Balaban J connectivity index is 3.55. The smallest absolute Gasteiger partial charge is 0.0635 e. The molecule has 0 aromatic heterocycles. The molecule has 74 valence electrons. The van der Waals surface area contributed by atoms with Gasteiger partial charge < -0.3 is 0 Å². The van der Waals surface area contributed by atoms with Gasteiger partial charge in [0.25, 0.3) is 0 Å². The molecule has 12 heavy (non-hydrogen) atoms. The van der Waals surface area contributed by atoms with Crippen molar-refractivity contribution < 1.29 is 0 Å². The Morgan fingerprint density at radius 2 is 1.92 bits per heavy atom. The minimum atomic E-state index is -1.22. The normalized spacial score (nSPS) is 16.4. The van der Waals surface area contributed by atoms with E-state index in [1.165, 1.54) is 25.0 Å². The molecule has 0 heterocycles. The molecule has 1 atom stereocenters. The van der Waals surface area contributed by atoms with E-state index in [0.717, 1.165) is 0 Å². The lowest BCUT2D eigenvalue weighted by Crippen LogP contribution is -2.04. The van der Waals surface area contributed by atoms with Gasteiger partial charge >= 0.3 is 0 Å². The molecule has 0 bridgehead atoms. The van der Waals surface area contributed by atoms with Crippen LogP contribution in [0.25, 0.3) is 0 Å². The molecule has 1 unspecified atom stereocenters. The fraction of sp³-hybridized carbons (Fsp3) is 1.00. The van der Waals surface area contributed by atoms with E-state index in [1.54, 1.807) is 0 Å². The molecule has 0 saturated carbocycles. The first-order valence-corrected chi connectivity index (χ1v) is 9.20. The maximum Gasteiger partial charge on any atom is 0.0635 e. The molecule has 1 nitrogen and oxygen atoms in total. The van der Waals surface area contributed by atoms with Crippen LogP contribution in [-0.4, -0.2) is 31.2 Å². The molecular formula is C8H20NPS2. The van der Waals surface area contributed by atoms with Crippen LogP contribution in [0.5, 0.6) is 0 Å². The van der Waals surface area contributed by atoms with Crippen LogP contribution >= 0.6 is 16.8 Å². The number of nitrogens with zero attached hydrogens (tertiary/aromatic N) is 1. The van der Waals surface area contributed by atoms with Gasteiger partial charge in [-0.25, -0.2) is 0 Å². The van der Waals surface area contributed by atoms with Crippen molar-refractivity contribution in [3.63, 3.8) is 0 Å². The van der Waals surface area contributed by atoms with E-state index in [1.807, 2.05) is 11.4 Å². The van der Waals surface area contributed by atoms with Crippen molar-refractivity contribution in [2.24, 2.45) is 0 Å². The van der Waals surface area contributed by atoms with Crippen LogP contribution in [0.1, 0.15) is 26.2 Å². The third kappa shape index (κ3) is 5.58. The van der Waals surface area contributed by atoms with Crippen molar-refractivity contribution in [3.05, 3.63) is 0 Å². The first-order chi connectivity index (χ1) is 5.50. The zero-order chi connectivity index (χ0) is 9.61. The molecule has 0 aliphatic rings. The molecule has 0 aliphatic carbocycles. The molecule has 0 amide bonds. The van der Waals surface area contributed by atoms with Crippen LogP contribution in [0.3, 0.4) is 0 Å². The summed E-state index contributed by atoms with van der Waals surface area (Å²) >= 11 is 7.50. The average Bonchev–Trinajstić information content (AvgIpc) is 1.98. The molecule has 0 N–H and O–H groups in total. The lowest BCUT2D eigenvalue weighted by molar-refractivity contribution is 0.689. The minimum Gasteiger partial charge on any atom is -0.274 e. The number of hydrogen-bond donors (Lipinski definition) is 0. The lowest BCUT2D eigenvalue weighted by atomic mass is 10.3. The van der Waals surface area contributed by atoms with Gasteiger partial charge in [-0.2, -0.15) is 0 Å². The molecule has 0 fully saturated rings. The second kappa shape index (κ2) is 6.42. The first kappa shape index (κ1) is 13.0. The number of rotatable bonds is 6. The quantitative estimate of drug-likeness (QED) is 0.504. The summed E-state index contributed by atoms with van der Waals surface area (Å²) in [5.74, 6) is 1.24. The van der Waals surface area contributed by atoms with Gasteiger partial charge in [-0.05, 0) is 32.9 Å². The van der Waals surface area contributed by atoms with Gasteiger partial charge in [0.05, 0.1) is 5.39 Å². The van der Waals surface area contributed by atoms with Crippen molar-refractivity contribution in [1.82, 2.24) is 4.67 Å². The number of unbranched alkanes of at least 4 members (excludes halogenated alkanes) is 2. The Kier molecular flexibility index (Phi) is 6.93. The molecule has 0 aliphatic heterocycles. The monoisotopic (exact) mass is 225 g/mol. The summed E-state index contributed by atoms with van der Waals surface area (Å²) in [7, 11) is 4.18. The minimum absolute atomic E-state index is 1.22. The number of hydrogen-bond acceptors (Lipinski definition) is 2. The zero-order valence-corrected chi connectivity index (χ0v) is 11.1. The SMILES string of the molecule is CCCCCSP(C)(=S)N(C)C. The predicted molar refractivity (Wildman–Crippen MR) is 65.9 cm³/mol. The Morgan fingerprint density at radius 3 is 2.33 bits per heavy atom. The van der Waals surface area contributed by atoms with E-state index in [2.05, 4.69) is 32.4 Å². The van der Waals surface area contributed by atoms with Crippen molar-refractivity contribution in [2.45, 2.75) is 26.2 Å². The van der Waals surface area contributed by atoms with Crippen molar-refractivity contribution in [1.29, 1.82) is 0 Å². The highest BCUT2D eigenvalue weighted by Crippen LogP contribution is 2.57. The van der Waals surface area contributed by atoms with E-state index >= 15 is 0 Å². The van der Waals surface area contributed by atoms with E-state index in [0.29, 0.717) is 0 Å². The van der Waals surface area contributed by atoms with Gasteiger partial charge in [0, 0.05) is 0 Å². The Labute approximate surface area is 86.1 Å². The molecule has 4 heteroatoms. The molecule has 0 aromatic carbocycles. The summed E-state index contributed by atoms with van der Waals surface area (Å²) in [5, 5.41) is -1.22. The zero-order valence-electron chi connectivity index (χ0n) is 8.54. The van der Waals surface area contributed by atoms with E-state index in [9.17, 15) is 0 Å². The van der Waals surface area contributed by atoms with Crippen LogP contribution in [0.15, 0.2) is 0 Å². The first-order valence-electron chi connectivity index (χ1n) is 4.40. The van der Waals surface area contributed by atoms with Crippen molar-refractivity contribution >= 4 is 28.6 Å². The van der Waals surface area contributed by atoms with Crippen LogP contribution in [0, 0.1) is 0 Å². The fourth-order valence-corrected chi connectivity index (χ4v) is 4.37. The topological polar surface area (TPSA) is 3.24 Å². The molecular weight excluding hydrogens is 205 g/mol. The Bertz CT molecular complexity index is 159. The predicted octanol–water partition coefficient (Wildman–Crippen LogP) is 3.41. The van der Waals surface area contributed by atoms with E-state index in [4.69, 9.17) is 11.8 Å². The highest BCUT2D eigenvalue weighted by Gasteiger charge is 2.12.